The summed E-state index contributed by atoms with van der Waals surface area (Å²) in [6.07, 6.45) is 8.53. The van der Waals surface area contributed by atoms with Crippen LogP contribution in [0.15, 0.2) is 36.7 Å². The average molecular weight is 340 g/mol. The molecule has 0 spiro atoms. The van der Waals surface area contributed by atoms with Gasteiger partial charge in [0.1, 0.15) is 6.33 Å². The standard InChI is InChI=1S/C20H28N4O/c1-2-14-23-16-21-22-20(23)18-12-6-7-15-24(18)19(25)13-8-11-17-9-4-3-5-10-17/h3-5,9-10,16,18H,2,6-8,11-15H2,1H3/t18-/m0/s1. The summed E-state index contributed by atoms with van der Waals surface area (Å²) in [4.78, 5) is 14.9. The molecule has 0 aliphatic carbocycles. The summed E-state index contributed by atoms with van der Waals surface area (Å²) >= 11 is 0. The first kappa shape index (κ1) is 17.6. The molecule has 1 aromatic carbocycles. The topological polar surface area (TPSA) is 51.0 Å². The highest BCUT2D eigenvalue weighted by Gasteiger charge is 2.30. The highest BCUT2D eigenvalue weighted by molar-refractivity contribution is 5.76. The summed E-state index contributed by atoms with van der Waals surface area (Å²) in [5, 5.41) is 8.42. The number of likely N-dealkylation sites (tertiary alicyclic amines) is 1. The van der Waals surface area contributed by atoms with Crippen molar-refractivity contribution >= 4 is 5.91 Å². The number of aromatic nitrogens is 3. The third-order valence-electron chi connectivity index (χ3n) is 4.93. The third-order valence-corrected chi connectivity index (χ3v) is 4.93. The molecule has 5 nitrogen and oxygen atoms in total. The van der Waals surface area contributed by atoms with Gasteiger partial charge in [0.15, 0.2) is 5.82 Å². The van der Waals surface area contributed by atoms with Gasteiger partial charge in [-0.15, -0.1) is 10.2 Å². The van der Waals surface area contributed by atoms with Crippen molar-refractivity contribution in [3.63, 3.8) is 0 Å². The van der Waals surface area contributed by atoms with Gasteiger partial charge in [0.05, 0.1) is 6.04 Å². The number of hydrogen-bond acceptors (Lipinski definition) is 3. The second-order valence-corrected chi connectivity index (χ2v) is 6.82. The molecule has 1 aliphatic heterocycles. The minimum atomic E-state index is 0.0898. The van der Waals surface area contributed by atoms with Crippen LogP contribution in [0.2, 0.25) is 0 Å². The van der Waals surface area contributed by atoms with Gasteiger partial charge in [-0.1, -0.05) is 37.3 Å². The SMILES string of the molecule is CCCn1cnnc1[C@@H]1CCCCN1C(=O)CCCc1ccccc1. The van der Waals surface area contributed by atoms with Crippen LogP contribution in [0, 0.1) is 0 Å². The number of piperidine rings is 1. The molecule has 1 saturated heterocycles. The molecule has 134 valence electrons. The maximum Gasteiger partial charge on any atom is 0.223 e. The summed E-state index contributed by atoms with van der Waals surface area (Å²) < 4.78 is 2.11. The van der Waals surface area contributed by atoms with E-state index in [9.17, 15) is 4.79 Å². The minimum Gasteiger partial charge on any atom is -0.332 e. The Labute approximate surface area is 150 Å². The highest BCUT2D eigenvalue weighted by Crippen LogP contribution is 2.30. The fourth-order valence-electron chi connectivity index (χ4n) is 3.67. The Hall–Kier alpha value is -2.17. The van der Waals surface area contributed by atoms with E-state index in [0.717, 1.165) is 57.4 Å². The normalized spacial score (nSPS) is 17.6. The predicted molar refractivity (Wildman–Crippen MR) is 98.0 cm³/mol. The van der Waals surface area contributed by atoms with Crippen LogP contribution in [0.5, 0.6) is 0 Å². The third kappa shape index (κ3) is 4.47. The van der Waals surface area contributed by atoms with Crippen molar-refractivity contribution in [2.45, 2.75) is 64.5 Å². The number of benzene rings is 1. The minimum absolute atomic E-state index is 0.0898. The van der Waals surface area contributed by atoms with Gasteiger partial charge >= 0.3 is 0 Å². The molecule has 1 fully saturated rings. The lowest BCUT2D eigenvalue weighted by atomic mass is 10.00. The molecule has 0 bridgehead atoms. The summed E-state index contributed by atoms with van der Waals surface area (Å²) in [6, 6.07) is 10.5. The molecule has 2 heterocycles. The van der Waals surface area contributed by atoms with Crippen molar-refractivity contribution in [3.05, 3.63) is 48.0 Å². The van der Waals surface area contributed by atoms with E-state index in [4.69, 9.17) is 0 Å². The summed E-state index contributed by atoms with van der Waals surface area (Å²) in [7, 11) is 0. The van der Waals surface area contributed by atoms with Crippen molar-refractivity contribution in [2.24, 2.45) is 0 Å². The van der Waals surface area contributed by atoms with Crippen LogP contribution in [0.25, 0.3) is 0 Å². The van der Waals surface area contributed by atoms with Gasteiger partial charge in [0.25, 0.3) is 0 Å². The lowest BCUT2D eigenvalue weighted by Crippen LogP contribution is -2.39. The first-order chi connectivity index (χ1) is 12.3. The molecule has 1 aliphatic rings. The van der Waals surface area contributed by atoms with Gasteiger partial charge in [-0.2, -0.15) is 0 Å². The van der Waals surface area contributed by atoms with Gasteiger partial charge < -0.3 is 9.47 Å². The van der Waals surface area contributed by atoms with E-state index < -0.39 is 0 Å². The van der Waals surface area contributed by atoms with Crippen LogP contribution >= 0.6 is 0 Å². The van der Waals surface area contributed by atoms with Crippen molar-refractivity contribution in [3.8, 4) is 0 Å². The molecule has 25 heavy (non-hydrogen) atoms. The lowest BCUT2D eigenvalue weighted by Gasteiger charge is -2.35. The van der Waals surface area contributed by atoms with Crippen molar-refractivity contribution in [2.75, 3.05) is 6.54 Å². The van der Waals surface area contributed by atoms with E-state index in [1.165, 1.54) is 5.56 Å². The van der Waals surface area contributed by atoms with Gasteiger partial charge in [0, 0.05) is 19.5 Å². The molecule has 0 N–H and O–H groups in total. The van der Waals surface area contributed by atoms with Crippen LogP contribution < -0.4 is 0 Å². The Morgan fingerprint density at radius 3 is 2.88 bits per heavy atom. The Kier molecular flexibility index (Phi) is 6.20. The number of nitrogens with zero attached hydrogens (tertiary/aromatic N) is 4. The maximum atomic E-state index is 12.8. The van der Waals surface area contributed by atoms with E-state index in [-0.39, 0.29) is 11.9 Å². The first-order valence-electron chi connectivity index (χ1n) is 9.50. The Morgan fingerprint density at radius 1 is 1.24 bits per heavy atom. The lowest BCUT2D eigenvalue weighted by molar-refractivity contribution is -0.135. The Morgan fingerprint density at radius 2 is 2.08 bits per heavy atom. The molecule has 5 heteroatoms. The number of amides is 1. The molecule has 3 rings (SSSR count). The number of carbonyl (C=O) groups is 1. The number of hydrogen-bond donors (Lipinski definition) is 0. The van der Waals surface area contributed by atoms with E-state index in [1.807, 2.05) is 11.0 Å². The first-order valence-corrected chi connectivity index (χ1v) is 9.50. The van der Waals surface area contributed by atoms with Crippen LogP contribution in [0.3, 0.4) is 0 Å². The summed E-state index contributed by atoms with van der Waals surface area (Å²) in [5.74, 6) is 1.21. The molecule has 0 saturated carbocycles. The van der Waals surface area contributed by atoms with Gasteiger partial charge in [-0.3, -0.25) is 4.79 Å². The van der Waals surface area contributed by atoms with Crippen LogP contribution in [-0.2, 0) is 17.8 Å². The van der Waals surface area contributed by atoms with E-state index in [2.05, 4.69) is 46.0 Å². The van der Waals surface area contributed by atoms with Gasteiger partial charge in [-0.05, 0) is 44.1 Å². The number of carbonyl (C=O) groups excluding carboxylic acids is 1. The quantitative estimate of drug-likeness (QED) is 0.771. The highest BCUT2D eigenvalue weighted by atomic mass is 16.2. The van der Waals surface area contributed by atoms with Crippen LogP contribution in [-0.4, -0.2) is 32.1 Å². The molecule has 1 aromatic heterocycles. The molecule has 1 amide bonds. The zero-order valence-corrected chi connectivity index (χ0v) is 15.1. The summed E-state index contributed by atoms with van der Waals surface area (Å²) in [5.41, 5.74) is 1.30. The number of aryl methyl sites for hydroxylation is 2. The second-order valence-electron chi connectivity index (χ2n) is 6.82. The van der Waals surface area contributed by atoms with Crippen molar-refractivity contribution in [1.82, 2.24) is 19.7 Å². The Bertz CT molecular complexity index is 667. The fourth-order valence-corrected chi connectivity index (χ4v) is 3.67. The molecule has 2 aromatic rings. The molecular formula is C20H28N4O. The zero-order chi connectivity index (χ0) is 17.5. The van der Waals surface area contributed by atoms with E-state index in [0.29, 0.717) is 6.42 Å². The van der Waals surface area contributed by atoms with Crippen LogP contribution in [0.4, 0.5) is 0 Å². The van der Waals surface area contributed by atoms with Gasteiger partial charge in [-0.25, -0.2) is 0 Å². The molecule has 0 unspecified atom stereocenters. The predicted octanol–water partition coefficient (Wildman–Crippen LogP) is 3.76. The molecular weight excluding hydrogens is 312 g/mol. The van der Waals surface area contributed by atoms with E-state index >= 15 is 0 Å². The molecule has 1 atom stereocenters. The zero-order valence-electron chi connectivity index (χ0n) is 15.1. The van der Waals surface area contributed by atoms with E-state index in [1.54, 1.807) is 6.33 Å². The fraction of sp³-hybridized carbons (Fsp3) is 0.550. The average Bonchev–Trinajstić information content (AvgIpc) is 3.11. The smallest absolute Gasteiger partial charge is 0.223 e. The van der Waals surface area contributed by atoms with Crippen molar-refractivity contribution < 1.29 is 4.79 Å². The van der Waals surface area contributed by atoms with Gasteiger partial charge in [0.2, 0.25) is 5.91 Å². The maximum absolute atomic E-state index is 12.8. The summed E-state index contributed by atoms with van der Waals surface area (Å²) in [6.45, 7) is 3.90. The Balaban J connectivity index is 1.62. The monoisotopic (exact) mass is 340 g/mol. The largest absolute Gasteiger partial charge is 0.332 e. The van der Waals surface area contributed by atoms with Crippen molar-refractivity contribution in [1.29, 1.82) is 0 Å². The number of rotatable bonds is 7. The second kappa shape index (κ2) is 8.79. The molecule has 0 radical (unpaired) electrons. The van der Waals surface area contributed by atoms with Crippen LogP contribution in [0.1, 0.15) is 62.9 Å².